The van der Waals surface area contributed by atoms with Crippen molar-refractivity contribution in [3.63, 3.8) is 0 Å². The molecule has 0 saturated heterocycles. The van der Waals surface area contributed by atoms with Gasteiger partial charge in [0, 0.05) is 12.8 Å². The minimum atomic E-state index is -1.32. The SMILES string of the molecule is COC(=O)C1CC(=O)C(C(=O)O)CC1=O. The first-order chi connectivity index (χ1) is 6.97. The number of esters is 1. The van der Waals surface area contributed by atoms with Crippen molar-refractivity contribution in [2.24, 2.45) is 11.8 Å². The molecule has 0 bridgehead atoms. The summed E-state index contributed by atoms with van der Waals surface area (Å²) in [7, 11) is 1.11. The Hall–Kier alpha value is -1.72. The van der Waals surface area contributed by atoms with Gasteiger partial charge in [-0.05, 0) is 0 Å². The van der Waals surface area contributed by atoms with E-state index in [1.54, 1.807) is 0 Å². The molecule has 0 aliphatic heterocycles. The van der Waals surface area contributed by atoms with E-state index in [1.165, 1.54) is 0 Å². The summed E-state index contributed by atoms with van der Waals surface area (Å²) in [5, 5.41) is 8.62. The van der Waals surface area contributed by atoms with Crippen LogP contribution in [0.15, 0.2) is 0 Å². The number of rotatable bonds is 2. The molecule has 0 radical (unpaired) electrons. The maximum atomic E-state index is 11.3. The van der Waals surface area contributed by atoms with E-state index in [4.69, 9.17) is 5.11 Å². The third kappa shape index (κ3) is 2.20. The number of carbonyl (C=O) groups is 4. The van der Waals surface area contributed by atoms with E-state index in [1.807, 2.05) is 0 Å². The standard InChI is InChI=1S/C9H10O6/c1-15-9(14)5-3-6(10)4(8(12)13)2-7(5)11/h4-5H,2-3H2,1H3,(H,12,13). The van der Waals surface area contributed by atoms with Crippen LogP contribution in [0.1, 0.15) is 12.8 Å². The summed E-state index contributed by atoms with van der Waals surface area (Å²) in [4.78, 5) is 44.2. The van der Waals surface area contributed by atoms with Crippen molar-refractivity contribution in [3.05, 3.63) is 0 Å². The molecule has 1 N–H and O–H groups in total. The van der Waals surface area contributed by atoms with E-state index in [-0.39, 0.29) is 6.42 Å². The van der Waals surface area contributed by atoms with Gasteiger partial charge in [0.25, 0.3) is 0 Å². The summed E-state index contributed by atoms with van der Waals surface area (Å²) >= 11 is 0. The highest BCUT2D eigenvalue weighted by Gasteiger charge is 2.42. The van der Waals surface area contributed by atoms with Gasteiger partial charge in [0.1, 0.15) is 23.4 Å². The van der Waals surface area contributed by atoms with Gasteiger partial charge in [-0.2, -0.15) is 0 Å². The van der Waals surface area contributed by atoms with Crippen molar-refractivity contribution in [1.82, 2.24) is 0 Å². The number of hydrogen-bond acceptors (Lipinski definition) is 5. The van der Waals surface area contributed by atoms with Crippen LogP contribution in [0, 0.1) is 11.8 Å². The van der Waals surface area contributed by atoms with E-state index < -0.39 is 41.8 Å². The van der Waals surface area contributed by atoms with Crippen LogP contribution < -0.4 is 0 Å². The fraction of sp³-hybridized carbons (Fsp3) is 0.556. The number of carbonyl (C=O) groups excluding carboxylic acids is 3. The van der Waals surface area contributed by atoms with Crippen molar-refractivity contribution in [1.29, 1.82) is 0 Å². The molecule has 1 aliphatic rings. The molecular formula is C9H10O6. The second kappa shape index (κ2) is 4.20. The van der Waals surface area contributed by atoms with Crippen LogP contribution in [0.5, 0.6) is 0 Å². The summed E-state index contributed by atoms with van der Waals surface area (Å²) in [6, 6.07) is 0. The minimum Gasteiger partial charge on any atom is -0.481 e. The predicted molar refractivity (Wildman–Crippen MR) is 45.9 cm³/mol. The first-order valence-electron chi connectivity index (χ1n) is 4.33. The van der Waals surface area contributed by atoms with Gasteiger partial charge < -0.3 is 9.84 Å². The molecular weight excluding hydrogens is 204 g/mol. The quantitative estimate of drug-likeness (QED) is 0.487. The molecule has 82 valence electrons. The second-order valence-corrected chi connectivity index (χ2v) is 3.31. The third-order valence-electron chi connectivity index (χ3n) is 2.37. The van der Waals surface area contributed by atoms with Crippen molar-refractivity contribution in [2.75, 3.05) is 7.11 Å². The van der Waals surface area contributed by atoms with Crippen LogP contribution in [0.2, 0.25) is 0 Å². The highest BCUT2D eigenvalue weighted by atomic mass is 16.5. The Kier molecular flexibility index (Phi) is 3.18. The van der Waals surface area contributed by atoms with Crippen molar-refractivity contribution >= 4 is 23.5 Å². The molecule has 6 heteroatoms. The van der Waals surface area contributed by atoms with Gasteiger partial charge in [-0.1, -0.05) is 0 Å². The van der Waals surface area contributed by atoms with E-state index in [0.29, 0.717) is 0 Å². The minimum absolute atomic E-state index is 0.373. The Morgan fingerprint density at radius 2 is 1.67 bits per heavy atom. The largest absolute Gasteiger partial charge is 0.481 e. The number of ether oxygens (including phenoxy) is 1. The third-order valence-corrected chi connectivity index (χ3v) is 2.37. The molecule has 0 aromatic carbocycles. The smallest absolute Gasteiger partial charge is 0.316 e. The lowest BCUT2D eigenvalue weighted by atomic mass is 9.80. The van der Waals surface area contributed by atoms with E-state index >= 15 is 0 Å². The summed E-state index contributed by atoms with van der Waals surface area (Å²) in [5.74, 6) is -5.68. The lowest BCUT2D eigenvalue weighted by Crippen LogP contribution is -2.40. The number of Topliss-reactive ketones (excluding diaryl/α,β-unsaturated/α-hetero) is 2. The number of carboxylic acid groups (broad SMARTS) is 1. The molecule has 0 amide bonds. The van der Waals surface area contributed by atoms with Gasteiger partial charge in [0.2, 0.25) is 0 Å². The first-order valence-corrected chi connectivity index (χ1v) is 4.33. The van der Waals surface area contributed by atoms with Gasteiger partial charge in [-0.25, -0.2) is 0 Å². The van der Waals surface area contributed by atoms with Gasteiger partial charge in [0.05, 0.1) is 7.11 Å². The predicted octanol–water partition coefficient (Wildman–Crippen LogP) is -0.592. The van der Waals surface area contributed by atoms with Crippen LogP contribution in [-0.4, -0.2) is 35.7 Å². The van der Waals surface area contributed by atoms with E-state index in [0.717, 1.165) is 7.11 Å². The number of hydrogen-bond donors (Lipinski definition) is 1. The van der Waals surface area contributed by atoms with Gasteiger partial charge >= 0.3 is 11.9 Å². The van der Waals surface area contributed by atoms with Crippen LogP contribution in [-0.2, 0) is 23.9 Å². The Morgan fingerprint density at radius 1 is 1.20 bits per heavy atom. The van der Waals surface area contributed by atoms with Crippen molar-refractivity contribution in [3.8, 4) is 0 Å². The topological polar surface area (TPSA) is 97.7 Å². The first kappa shape index (κ1) is 11.4. The molecule has 2 atom stereocenters. The number of carboxylic acids is 1. The van der Waals surface area contributed by atoms with Gasteiger partial charge in [-0.3, -0.25) is 19.2 Å². The molecule has 0 aromatic heterocycles. The van der Waals surface area contributed by atoms with Crippen LogP contribution >= 0.6 is 0 Å². The van der Waals surface area contributed by atoms with Crippen LogP contribution in [0.4, 0.5) is 0 Å². The lowest BCUT2D eigenvalue weighted by Gasteiger charge is -2.21. The maximum Gasteiger partial charge on any atom is 0.316 e. The molecule has 1 fully saturated rings. The van der Waals surface area contributed by atoms with Crippen molar-refractivity contribution in [2.45, 2.75) is 12.8 Å². The maximum absolute atomic E-state index is 11.3. The monoisotopic (exact) mass is 214 g/mol. The Bertz CT molecular complexity index is 331. The molecule has 0 aromatic rings. The zero-order valence-electron chi connectivity index (χ0n) is 8.06. The molecule has 0 spiro atoms. The van der Waals surface area contributed by atoms with Crippen LogP contribution in [0.25, 0.3) is 0 Å². The van der Waals surface area contributed by atoms with E-state index in [9.17, 15) is 19.2 Å². The highest BCUT2D eigenvalue weighted by molar-refractivity contribution is 6.12. The Morgan fingerprint density at radius 3 is 2.13 bits per heavy atom. The van der Waals surface area contributed by atoms with Gasteiger partial charge in [-0.15, -0.1) is 0 Å². The zero-order valence-corrected chi connectivity index (χ0v) is 8.06. The van der Waals surface area contributed by atoms with Crippen molar-refractivity contribution < 1.29 is 29.0 Å². The summed E-state index contributed by atoms with van der Waals surface area (Å²) < 4.78 is 4.34. The Labute approximate surface area is 85.2 Å². The summed E-state index contributed by atoms with van der Waals surface area (Å²) in [5.41, 5.74) is 0. The summed E-state index contributed by atoms with van der Waals surface area (Å²) in [6.07, 6.45) is -0.795. The second-order valence-electron chi connectivity index (χ2n) is 3.31. The summed E-state index contributed by atoms with van der Waals surface area (Å²) in [6.45, 7) is 0. The normalized spacial score (nSPS) is 26.2. The molecule has 1 rings (SSSR count). The van der Waals surface area contributed by atoms with E-state index in [2.05, 4.69) is 4.74 Å². The average Bonchev–Trinajstić information content (AvgIpc) is 2.19. The average molecular weight is 214 g/mol. The van der Waals surface area contributed by atoms with Crippen LogP contribution in [0.3, 0.4) is 0 Å². The number of methoxy groups -OCH3 is 1. The Balaban J connectivity index is 2.80. The highest BCUT2D eigenvalue weighted by Crippen LogP contribution is 2.24. The molecule has 6 nitrogen and oxygen atoms in total. The lowest BCUT2D eigenvalue weighted by molar-refractivity contribution is -0.159. The molecule has 1 aliphatic carbocycles. The fourth-order valence-electron chi connectivity index (χ4n) is 1.50. The number of aliphatic carboxylic acids is 1. The molecule has 2 unspecified atom stereocenters. The molecule has 1 saturated carbocycles. The fourth-order valence-corrected chi connectivity index (χ4v) is 1.50. The zero-order chi connectivity index (χ0) is 11.6. The number of ketones is 2. The molecule has 15 heavy (non-hydrogen) atoms. The van der Waals surface area contributed by atoms with Gasteiger partial charge in [0.15, 0.2) is 0 Å². The molecule has 0 heterocycles.